The van der Waals surface area contributed by atoms with E-state index in [0.717, 1.165) is 38.4 Å². The molecule has 2 atom stereocenters. The Hall–Kier alpha value is -0.620. The van der Waals surface area contributed by atoms with Crippen molar-refractivity contribution in [2.45, 2.75) is 62.8 Å². The Labute approximate surface area is 109 Å². The van der Waals surface area contributed by atoms with Gasteiger partial charge in [0.2, 0.25) is 5.91 Å². The fourth-order valence-electron chi connectivity index (χ4n) is 2.03. The molecule has 1 aliphatic rings. The number of carbonyl (C=O) groups is 1. The quantitative estimate of drug-likeness (QED) is 0.738. The Kier molecular flexibility index (Phi) is 4.78. The van der Waals surface area contributed by atoms with Crippen LogP contribution in [0.15, 0.2) is 0 Å². The van der Waals surface area contributed by atoms with Crippen molar-refractivity contribution in [3.63, 3.8) is 0 Å². The molecule has 5 nitrogen and oxygen atoms in total. The summed E-state index contributed by atoms with van der Waals surface area (Å²) in [6.07, 6.45) is 6.01. The van der Waals surface area contributed by atoms with Crippen LogP contribution < -0.4 is 11.1 Å². The van der Waals surface area contributed by atoms with Crippen LogP contribution in [0.1, 0.15) is 46.0 Å². The summed E-state index contributed by atoms with van der Waals surface area (Å²) in [6.45, 7) is 2.86. The third kappa shape index (κ3) is 3.45. The maximum atomic E-state index is 12.1. The van der Waals surface area contributed by atoms with Gasteiger partial charge in [0.05, 0.1) is 0 Å². The molecule has 18 heavy (non-hydrogen) atoms. The van der Waals surface area contributed by atoms with Crippen molar-refractivity contribution in [1.29, 1.82) is 0 Å². The molecule has 0 saturated heterocycles. The summed E-state index contributed by atoms with van der Waals surface area (Å²) in [6, 6.07) is -0.187. The lowest BCUT2D eigenvalue weighted by Gasteiger charge is -2.28. The molecule has 1 saturated carbocycles. The van der Waals surface area contributed by atoms with Crippen LogP contribution in [-0.4, -0.2) is 37.4 Å². The molecule has 0 aromatic heterocycles. The van der Waals surface area contributed by atoms with Crippen LogP contribution in [-0.2, 0) is 14.6 Å². The third-order valence-electron chi connectivity index (χ3n) is 3.86. The van der Waals surface area contributed by atoms with Gasteiger partial charge in [-0.2, -0.15) is 0 Å². The van der Waals surface area contributed by atoms with Gasteiger partial charge >= 0.3 is 0 Å². The van der Waals surface area contributed by atoms with Gasteiger partial charge < -0.3 is 11.1 Å². The van der Waals surface area contributed by atoms with E-state index in [0.29, 0.717) is 0 Å². The zero-order valence-electron chi connectivity index (χ0n) is 11.4. The molecule has 6 heteroatoms. The summed E-state index contributed by atoms with van der Waals surface area (Å²) < 4.78 is 21.8. The summed E-state index contributed by atoms with van der Waals surface area (Å²) >= 11 is 0. The van der Waals surface area contributed by atoms with Crippen LogP contribution in [0, 0.1) is 0 Å². The summed E-state index contributed by atoms with van der Waals surface area (Å²) in [5, 5.41) is 2.81. The second kappa shape index (κ2) is 5.57. The van der Waals surface area contributed by atoms with Crippen LogP contribution in [0.5, 0.6) is 0 Å². The molecule has 0 spiro atoms. The molecule has 3 N–H and O–H groups in total. The standard InChI is InChI=1S/C12H24N2O3S/c1-12(2,18(3,16)17)11(15)14-10-8-6-4-5-7-9(10)13/h9-10H,4-8,13H2,1-3H3,(H,14,15). The summed E-state index contributed by atoms with van der Waals surface area (Å²) in [5.74, 6) is -0.452. The molecule has 0 bridgehead atoms. The fourth-order valence-corrected chi connectivity index (χ4v) is 2.42. The number of carbonyl (C=O) groups excluding carboxylic acids is 1. The van der Waals surface area contributed by atoms with Crippen molar-refractivity contribution in [3.05, 3.63) is 0 Å². The molecule has 0 aromatic carbocycles. The maximum absolute atomic E-state index is 12.1. The van der Waals surface area contributed by atoms with E-state index in [4.69, 9.17) is 5.73 Å². The van der Waals surface area contributed by atoms with E-state index in [9.17, 15) is 13.2 Å². The van der Waals surface area contributed by atoms with Gasteiger partial charge in [0.25, 0.3) is 0 Å². The monoisotopic (exact) mass is 276 g/mol. The van der Waals surface area contributed by atoms with Crippen molar-refractivity contribution >= 4 is 15.7 Å². The first-order valence-electron chi connectivity index (χ1n) is 6.42. The van der Waals surface area contributed by atoms with Crippen LogP contribution in [0.25, 0.3) is 0 Å². The van der Waals surface area contributed by atoms with E-state index in [-0.39, 0.29) is 12.1 Å². The SMILES string of the molecule is CC(C)(C(=O)NC1CCCCCC1N)S(C)(=O)=O. The van der Waals surface area contributed by atoms with Gasteiger partial charge in [0.1, 0.15) is 4.75 Å². The number of nitrogens with two attached hydrogens (primary N) is 1. The minimum atomic E-state index is -3.43. The van der Waals surface area contributed by atoms with Gasteiger partial charge in [0, 0.05) is 18.3 Å². The summed E-state index contributed by atoms with van der Waals surface area (Å²) in [7, 11) is -3.43. The van der Waals surface area contributed by atoms with Gasteiger partial charge in [0.15, 0.2) is 9.84 Å². The Morgan fingerprint density at radius 1 is 1.22 bits per heavy atom. The highest BCUT2D eigenvalue weighted by molar-refractivity contribution is 7.92. The first-order valence-corrected chi connectivity index (χ1v) is 8.31. The zero-order chi connectivity index (χ0) is 14.0. The molecular weight excluding hydrogens is 252 g/mol. The third-order valence-corrected chi connectivity index (χ3v) is 5.90. The van der Waals surface area contributed by atoms with E-state index in [2.05, 4.69) is 5.32 Å². The predicted molar refractivity (Wildman–Crippen MR) is 71.9 cm³/mol. The highest BCUT2D eigenvalue weighted by Crippen LogP contribution is 2.20. The molecule has 106 valence electrons. The van der Waals surface area contributed by atoms with Crippen LogP contribution >= 0.6 is 0 Å². The molecule has 1 aliphatic carbocycles. The normalized spacial score (nSPS) is 26.4. The number of nitrogens with one attached hydrogen (secondary N) is 1. The van der Waals surface area contributed by atoms with Crippen LogP contribution in [0.2, 0.25) is 0 Å². The molecule has 1 fully saturated rings. The largest absolute Gasteiger partial charge is 0.350 e. The van der Waals surface area contributed by atoms with Gasteiger partial charge in [-0.3, -0.25) is 4.79 Å². The van der Waals surface area contributed by atoms with Crippen molar-refractivity contribution in [1.82, 2.24) is 5.32 Å². The van der Waals surface area contributed by atoms with E-state index in [1.54, 1.807) is 0 Å². The number of amides is 1. The first kappa shape index (κ1) is 15.4. The minimum absolute atomic E-state index is 0.0770. The Morgan fingerprint density at radius 3 is 2.33 bits per heavy atom. The molecule has 0 radical (unpaired) electrons. The number of sulfone groups is 1. The highest BCUT2D eigenvalue weighted by Gasteiger charge is 2.39. The molecule has 0 aliphatic heterocycles. The first-order chi connectivity index (χ1) is 8.16. The van der Waals surface area contributed by atoms with E-state index in [1.807, 2.05) is 0 Å². The topological polar surface area (TPSA) is 89.3 Å². The van der Waals surface area contributed by atoms with Crippen molar-refractivity contribution in [2.75, 3.05) is 6.26 Å². The second-order valence-corrected chi connectivity index (χ2v) is 8.23. The van der Waals surface area contributed by atoms with E-state index in [1.165, 1.54) is 13.8 Å². The highest BCUT2D eigenvalue weighted by atomic mass is 32.2. The summed E-state index contributed by atoms with van der Waals surface area (Å²) in [4.78, 5) is 12.1. The molecule has 1 rings (SSSR count). The minimum Gasteiger partial charge on any atom is -0.350 e. The van der Waals surface area contributed by atoms with Gasteiger partial charge in [-0.15, -0.1) is 0 Å². The van der Waals surface area contributed by atoms with Gasteiger partial charge in [-0.1, -0.05) is 19.3 Å². The predicted octanol–water partition coefficient (Wildman–Crippen LogP) is 0.586. The summed E-state index contributed by atoms with van der Waals surface area (Å²) in [5.41, 5.74) is 6.02. The van der Waals surface area contributed by atoms with Crippen molar-refractivity contribution in [2.24, 2.45) is 5.73 Å². The molecule has 0 aromatic rings. The lowest BCUT2D eigenvalue weighted by molar-refractivity contribution is -0.123. The Morgan fingerprint density at radius 2 is 1.78 bits per heavy atom. The second-order valence-electron chi connectivity index (χ2n) is 5.66. The molecule has 0 heterocycles. The van der Waals surface area contributed by atoms with Crippen molar-refractivity contribution in [3.8, 4) is 0 Å². The molecule has 1 amide bonds. The Bertz CT molecular complexity index is 404. The Balaban J connectivity index is 2.75. The van der Waals surface area contributed by atoms with Gasteiger partial charge in [-0.25, -0.2) is 8.42 Å². The smallest absolute Gasteiger partial charge is 0.241 e. The lowest BCUT2D eigenvalue weighted by Crippen LogP contribution is -2.55. The van der Waals surface area contributed by atoms with E-state index >= 15 is 0 Å². The number of hydrogen-bond acceptors (Lipinski definition) is 4. The van der Waals surface area contributed by atoms with E-state index < -0.39 is 20.5 Å². The maximum Gasteiger partial charge on any atom is 0.241 e. The lowest BCUT2D eigenvalue weighted by atomic mass is 10.0. The average Bonchev–Trinajstić information content (AvgIpc) is 2.42. The average molecular weight is 276 g/mol. The van der Waals surface area contributed by atoms with Gasteiger partial charge in [-0.05, 0) is 26.7 Å². The molecule has 2 unspecified atom stereocenters. The van der Waals surface area contributed by atoms with Crippen LogP contribution in [0.4, 0.5) is 0 Å². The van der Waals surface area contributed by atoms with Crippen LogP contribution in [0.3, 0.4) is 0 Å². The molecular formula is C12H24N2O3S. The number of rotatable bonds is 3. The van der Waals surface area contributed by atoms with Crippen molar-refractivity contribution < 1.29 is 13.2 Å². The zero-order valence-corrected chi connectivity index (χ0v) is 12.2. The fraction of sp³-hybridized carbons (Fsp3) is 0.917. The number of hydrogen-bond donors (Lipinski definition) is 2.